The smallest absolute Gasteiger partial charge is 0.249 e. The monoisotopic (exact) mass is 437 g/mol. The zero-order chi connectivity index (χ0) is 23.4. The predicted octanol–water partition coefficient (Wildman–Crippen LogP) is 4.36. The second-order valence-corrected chi connectivity index (χ2v) is 9.08. The molecule has 178 valence electrons. The molecule has 3 N–H and O–H groups in total. The zero-order valence-electron chi connectivity index (χ0n) is 20.3. The predicted molar refractivity (Wildman–Crippen MR) is 124 cm³/mol. The van der Waals surface area contributed by atoms with E-state index in [0.717, 1.165) is 43.6 Å². The number of primary amides is 1. The Balaban J connectivity index is 2.70. The van der Waals surface area contributed by atoms with Crippen LogP contribution in [0.15, 0.2) is 18.2 Å². The molecule has 6 nitrogen and oxygen atoms in total. The summed E-state index contributed by atoms with van der Waals surface area (Å²) in [5.41, 5.74) is 5.24. The Morgan fingerprint density at radius 3 is 2.32 bits per heavy atom. The number of benzene rings is 1. The summed E-state index contributed by atoms with van der Waals surface area (Å²) in [6.07, 6.45) is 4.93. The van der Waals surface area contributed by atoms with Crippen molar-refractivity contribution in [1.82, 2.24) is 0 Å². The van der Waals surface area contributed by atoms with Gasteiger partial charge in [0.1, 0.15) is 5.60 Å². The minimum absolute atomic E-state index is 0.187. The molecule has 0 fully saturated rings. The first-order chi connectivity index (χ1) is 14.7. The maximum absolute atomic E-state index is 11.7. The highest BCUT2D eigenvalue weighted by Gasteiger charge is 2.36. The largest absolute Gasteiger partial charge is 0.493 e. The van der Waals surface area contributed by atoms with E-state index < -0.39 is 11.5 Å². The summed E-state index contributed by atoms with van der Waals surface area (Å²) in [6.45, 7) is 9.40. The van der Waals surface area contributed by atoms with Gasteiger partial charge in [0.15, 0.2) is 11.5 Å². The van der Waals surface area contributed by atoms with E-state index in [4.69, 9.17) is 19.9 Å². The molecule has 0 bridgehead atoms. The third kappa shape index (κ3) is 8.69. The lowest BCUT2D eigenvalue weighted by molar-refractivity contribution is -0.142. The van der Waals surface area contributed by atoms with Crippen molar-refractivity contribution >= 4 is 5.91 Å². The third-order valence-electron chi connectivity index (χ3n) is 6.18. The van der Waals surface area contributed by atoms with Crippen LogP contribution in [0.25, 0.3) is 0 Å². The van der Waals surface area contributed by atoms with Crippen molar-refractivity contribution in [2.45, 2.75) is 71.8 Å². The Kier molecular flexibility index (Phi) is 11.9. The molecule has 0 aliphatic carbocycles. The van der Waals surface area contributed by atoms with Crippen LogP contribution in [0.4, 0.5) is 0 Å². The van der Waals surface area contributed by atoms with Crippen LogP contribution in [0.1, 0.15) is 65.4 Å². The number of ether oxygens (including phenoxy) is 3. The number of methoxy groups -OCH3 is 2. The summed E-state index contributed by atoms with van der Waals surface area (Å²) in [5.74, 6) is 1.71. The van der Waals surface area contributed by atoms with Crippen molar-refractivity contribution in [2.24, 2.45) is 23.5 Å². The Hall–Kier alpha value is -1.79. The molecule has 0 heterocycles. The second-order valence-electron chi connectivity index (χ2n) is 9.08. The van der Waals surface area contributed by atoms with Crippen LogP contribution in [0.5, 0.6) is 11.5 Å². The Morgan fingerprint density at radius 1 is 1.06 bits per heavy atom. The van der Waals surface area contributed by atoms with E-state index in [-0.39, 0.29) is 5.92 Å². The van der Waals surface area contributed by atoms with Crippen LogP contribution in [-0.2, 0) is 16.0 Å². The lowest BCUT2D eigenvalue weighted by Gasteiger charge is -2.29. The molecule has 2 unspecified atom stereocenters. The van der Waals surface area contributed by atoms with Crippen molar-refractivity contribution in [3.05, 3.63) is 23.8 Å². The molecule has 0 spiro atoms. The summed E-state index contributed by atoms with van der Waals surface area (Å²) >= 11 is 0. The number of amides is 1. The highest BCUT2D eigenvalue weighted by atomic mass is 16.5. The van der Waals surface area contributed by atoms with E-state index in [2.05, 4.69) is 26.0 Å². The van der Waals surface area contributed by atoms with Gasteiger partial charge in [-0.25, -0.2) is 0 Å². The zero-order valence-corrected chi connectivity index (χ0v) is 20.3. The molecule has 0 radical (unpaired) electrons. The Labute approximate surface area is 188 Å². The van der Waals surface area contributed by atoms with E-state index in [1.165, 1.54) is 5.56 Å². The summed E-state index contributed by atoms with van der Waals surface area (Å²) in [4.78, 5) is 11.7. The molecule has 0 saturated heterocycles. The molecular weight excluding hydrogens is 394 g/mol. The quantitative estimate of drug-likeness (QED) is 0.375. The summed E-state index contributed by atoms with van der Waals surface area (Å²) < 4.78 is 16.4. The van der Waals surface area contributed by atoms with Gasteiger partial charge in [-0.1, -0.05) is 46.6 Å². The van der Waals surface area contributed by atoms with Gasteiger partial charge >= 0.3 is 0 Å². The topological polar surface area (TPSA) is 91.0 Å². The van der Waals surface area contributed by atoms with Gasteiger partial charge in [-0.2, -0.15) is 0 Å². The number of aliphatic hydroxyl groups is 1. The van der Waals surface area contributed by atoms with Crippen LogP contribution >= 0.6 is 0 Å². The average Bonchev–Trinajstić information content (AvgIpc) is 2.72. The average molecular weight is 438 g/mol. The normalized spacial score (nSPS) is 14.5. The van der Waals surface area contributed by atoms with Gasteiger partial charge in [0.25, 0.3) is 0 Å². The summed E-state index contributed by atoms with van der Waals surface area (Å²) in [7, 11) is 3.34. The van der Waals surface area contributed by atoms with Gasteiger partial charge in [0.05, 0.1) is 13.7 Å². The Morgan fingerprint density at radius 2 is 1.77 bits per heavy atom. The van der Waals surface area contributed by atoms with E-state index in [1.807, 2.05) is 19.9 Å². The number of rotatable bonds is 16. The molecule has 0 aliphatic rings. The fraction of sp³-hybridized carbons (Fsp3) is 0.720. The number of nitrogens with two attached hydrogens (primary N) is 1. The van der Waals surface area contributed by atoms with Crippen molar-refractivity contribution in [3.8, 4) is 11.5 Å². The van der Waals surface area contributed by atoms with E-state index in [0.29, 0.717) is 31.5 Å². The first-order valence-electron chi connectivity index (χ1n) is 11.5. The number of unbranched alkanes of at least 4 members (excludes halogenated alkanes) is 1. The number of carbonyl (C=O) groups excluding carboxylic acids is 1. The minimum atomic E-state index is -1.42. The van der Waals surface area contributed by atoms with Crippen molar-refractivity contribution < 1.29 is 24.1 Å². The molecule has 1 aromatic rings. The summed E-state index contributed by atoms with van der Waals surface area (Å²) in [6, 6.07) is 6.14. The van der Waals surface area contributed by atoms with Gasteiger partial charge in [0, 0.05) is 20.1 Å². The third-order valence-corrected chi connectivity index (χ3v) is 6.18. The van der Waals surface area contributed by atoms with E-state index in [1.54, 1.807) is 14.2 Å². The molecule has 1 rings (SSSR count). The minimum Gasteiger partial charge on any atom is -0.493 e. The number of carbonyl (C=O) groups is 1. The molecule has 1 amide bonds. The highest BCUT2D eigenvalue weighted by molar-refractivity contribution is 5.83. The van der Waals surface area contributed by atoms with E-state index >= 15 is 0 Å². The molecule has 0 aliphatic heterocycles. The van der Waals surface area contributed by atoms with Gasteiger partial charge in [-0.15, -0.1) is 0 Å². The van der Waals surface area contributed by atoms with Crippen LogP contribution in [0.3, 0.4) is 0 Å². The Bertz CT molecular complexity index is 661. The van der Waals surface area contributed by atoms with Crippen LogP contribution < -0.4 is 15.2 Å². The lowest BCUT2D eigenvalue weighted by atomic mass is 9.82. The molecule has 31 heavy (non-hydrogen) atoms. The fourth-order valence-corrected chi connectivity index (χ4v) is 3.82. The maximum atomic E-state index is 11.7. The molecule has 1 aromatic carbocycles. The fourth-order valence-electron chi connectivity index (χ4n) is 3.82. The van der Waals surface area contributed by atoms with Crippen molar-refractivity contribution in [1.29, 1.82) is 0 Å². The number of hydrogen-bond acceptors (Lipinski definition) is 5. The molecule has 6 heteroatoms. The summed E-state index contributed by atoms with van der Waals surface area (Å²) in [5, 5.41) is 10.6. The molecule has 2 atom stereocenters. The van der Waals surface area contributed by atoms with Gasteiger partial charge in [-0.3, -0.25) is 4.79 Å². The SMILES string of the molecule is COCCCOc1cc(CC(CCCCC(O)(C(N)=O)C(C)C)C(C)C)ccc1OC. The van der Waals surface area contributed by atoms with Gasteiger partial charge in [-0.05, 0) is 54.7 Å². The molecule has 0 saturated carbocycles. The second kappa shape index (κ2) is 13.6. The molecular formula is C25H43NO5. The van der Waals surface area contributed by atoms with Crippen molar-refractivity contribution in [3.63, 3.8) is 0 Å². The first kappa shape index (κ1) is 27.2. The van der Waals surface area contributed by atoms with Gasteiger partial charge < -0.3 is 25.1 Å². The first-order valence-corrected chi connectivity index (χ1v) is 11.5. The van der Waals surface area contributed by atoms with Gasteiger partial charge in [0.2, 0.25) is 5.91 Å². The maximum Gasteiger partial charge on any atom is 0.249 e. The highest BCUT2D eigenvalue weighted by Crippen LogP contribution is 2.32. The van der Waals surface area contributed by atoms with Crippen LogP contribution in [-0.4, -0.2) is 44.0 Å². The van der Waals surface area contributed by atoms with Crippen LogP contribution in [0.2, 0.25) is 0 Å². The molecule has 0 aromatic heterocycles. The lowest BCUT2D eigenvalue weighted by Crippen LogP contribution is -2.48. The van der Waals surface area contributed by atoms with Crippen molar-refractivity contribution in [2.75, 3.05) is 27.4 Å². The van der Waals surface area contributed by atoms with Crippen LogP contribution in [0, 0.1) is 17.8 Å². The standard InChI is InChI=1S/C25H43NO5/c1-18(2)21(10-7-8-13-25(28,19(3)4)24(26)27)16-20-11-12-22(30-6)23(17-20)31-15-9-14-29-5/h11-12,17-19,21,28H,7-10,13-16H2,1-6H3,(H2,26,27). The number of hydrogen-bond donors (Lipinski definition) is 2. The van der Waals surface area contributed by atoms with E-state index in [9.17, 15) is 9.90 Å².